The third-order valence-electron chi connectivity index (χ3n) is 6.43. The Hall–Kier alpha value is -1.94. The second-order valence-corrected chi connectivity index (χ2v) is 9.28. The van der Waals surface area contributed by atoms with Gasteiger partial charge in [-0.1, -0.05) is 74.9 Å². The van der Waals surface area contributed by atoms with Crippen LogP contribution in [0.4, 0.5) is 0 Å². The van der Waals surface area contributed by atoms with E-state index in [1.807, 2.05) is 13.0 Å². The maximum Gasteiger partial charge on any atom is 0.305 e. The first-order chi connectivity index (χ1) is 15.5. The lowest BCUT2D eigenvalue weighted by Gasteiger charge is -2.23. The van der Waals surface area contributed by atoms with Crippen molar-refractivity contribution in [2.45, 2.75) is 97.0 Å². The highest BCUT2D eigenvalue weighted by atomic mass is 16.5. The van der Waals surface area contributed by atoms with Gasteiger partial charge in [0.05, 0.1) is 18.6 Å². The van der Waals surface area contributed by atoms with Gasteiger partial charge in [-0.05, 0) is 63.0 Å². The number of aryl methyl sites for hydroxylation is 2. The Morgan fingerprint density at radius 1 is 1.03 bits per heavy atom. The van der Waals surface area contributed by atoms with Crippen molar-refractivity contribution in [1.82, 2.24) is 0 Å². The van der Waals surface area contributed by atoms with Gasteiger partial charge in [0.2, 0.25) is 0 Å². The minimum absolute atomic E-state index is 0.0741. The quantitative estimate of drug-likeness (QED) is 0.247. The number of unbranched alkanes of at least 4 members (excludes halogenated alkanes) is 5. The molecule has 3 atom stereocenters. The Balaban J connectivity index is 1.58. The van der Waals surface area contributed by atoms with E-state index < -0.39 is 6.10 Å². The summed E-state index contributed by atoms with van der Waals surface area (Å²) in [5.74, 6) is -0.179. The van der Waals surface area contributed by atoms with Crippen LogP contribution >= 0.6 is 0 Å². The van der Waals surface area contributed by atoms with E-state index in [2.05, 4.69) is 31.2 Å². The first-order valence-electron chi connectivity index (χ1n) is 12.6. The molecule has 1 aromatic carbocycles. The summed E-state index contributed by atoms with van der Waals surface area (Å²) in [4.78, 5) is 23.8. The highest BCUT2D eigenvalue weighted by molar-refractivity contribution is 5.95. The van der Waals surface area contributed by atoms with E-state index in [1.165, 1.54) is 30.4 Å². The maximum absolute atomic E-state index is 12.3. The smallest absolute Gasteiger partial charge is 0.305 e. The molecule has 2 rings (SSSR count). The van der Waals surface area contributed by atoms with Gasteiger partial charge in [-0.25, -0.2) is 0 Å². The molecule has 1 aliphatic rings. The minimum atomic E-state index is -0.587. The second kappa shape index (κ2) is 15.0. The Bertz CT molecular complexity index is 707. The molecule has 4 heteroatoms. The predicted octanol–water partition coefficient (Wildman–Crippen LogP) is 6.12. The monoisotopic (exact) mass is 442 g/mol. The average Bonchev–Trinajstić information content (AvgIpc) is 3.15. The normalized spacial score (nSPS) is 18.8. The lowest BCUT2D eigenvalue weighted by atomic mass is 9.83. The summed E-state index contributed by atoms with van der Waals surface area (Å²) < 4.78 is 5.08. The van der Waals surface area contributed by atoms with E-state index in [-0.39, 0.29) is 23.6 Å². The Morgan fingerprint density at radius 2 is 1.75 bits per heavy atom. The summed E-state index contributed by atoms with van der Waals surface area (Å²) in [6, 6.07) is 8.78. The van der Waals surface area contributed by atoms with Crippen LogP contribution < -0.4 is 0 Å². The lowest BCUT2D eigenvalue weighted by Crippen LogP contribution is -2.30. The molecule has 1 aromatic rings. The van der Waals surface area contributed by atoms with Crippen molar-refractivity contribution in [2.75, 3.05) is 6.61 Å². The number of aliphatic hydroxyl groups excluding tert-OH is 1. The predicted molar refractivity (Wildman–Crippen MR) is 129 cm³/mol. The van der Waals surface area contributed by atoms with Crippen LogP contribution in [0.3, 0.4) is 0 Å². The van der Waals surface area contributed by atoms with Crippen LogP contribution in [0, 0.1) is 18.8 Å². The van der Waals surface area contributed by atoms with Gasteiger partial charge in [-0.2, -0.15) is 0 Å². The topological polar surface area (TPSA) is 63.6 Å². The Morgan fingerprint density at radius 3 is 2.50 bits per heavy atom. The minimum Gasteiger partial charge on any atom is -0.466 e. The molecule has 4 nitrogen and oxygen atoms in total. The fourth-order valence-electron chi connectivity index (χ4n) is 4.50. The third-order valence-corrected chi connectivity index (χ3v) is 6.43. The average molecular weight is 443 g/mol. The third kappa shape index (κ3) is 9.68. The molecule has 178 valence electrons. The molecular formula is C28H42O4. The van der Waals surface area contributed by atoms with Gasteiger partial charge in [-0.3, -0.25) is 9.59 Å². The maximum atomic E-state index is 12.3. The number of esters is 1. The zero-order valence-electron chi connectivity index (χ0n) is 20.1. The van der Waals surface area contributed by atoms with E-state index in [0.717, 1.165) is 44.9 Å². The van der Waals surface area contributed by atoms with Gasteiger partial charge in [-0.15, -0.1) is 0 Å². The Kier molecular flexibility index (Phi) is 12.3. The van der Waals surface area contributed by atoms with Crippen molar-refractivity contribution >= 4 is 11.8 Å². The van der Waals surface area contributed by atoms with Crippen LogP contribution in [0.15, 0.2) is 36.4 Å². The number of hydrogen-bond acceptors (Lipinski definition) is 4. The first kappa shape index (κ1) is 26.3. The van der Waals surface area contributed by atoms with E-state index in [1.54, 1.807) is 6.08 Å². The number of allylic oxidation sites excluding steroid dienone is 2. The molecule has 0 aromatic heterocycles. The molecule has 32 heavy (non-hydrogen) atoms. The molecule has 0 saturated carbocycles. The molecule has 0 saturated heterocycles. The number of carbonyl (C=O) groups is 2. The fraction of sp³-hybridized carbons (Fsp3) is 0.643. The number of hydrogen-bond donors (Lipinski definition) is 1. The molecule has 1 N–H and O–H groups in total. The molecule has 0 spiro atoms. The lowest BCUT2D eigenvalue weighted by molar-refractivity contribution is -0.143. The van der Waals surface area contributed by atoms with Gasteiger partial charge >= 0.3 is 5.97 Å². The summed E-state index contributed by atoms with van der Waals surface area (Å²) >= 11 is 0. The summed E-state index contributed by atoms with van der Waals surface area (Å²) in [7, 11) is 0. The van der Waals surface area contributed by atoms with Crippen LogP contribution in [-0.2, 0) is 20.7 Å². The summed E-state index contributed by atoms with van der Waals surface area (Å²) in [6.07, 6.45) is 14.2. The SMILES string of the molecule is CCCOC(=O)CCCCC[C@@H](O)C1C(=O)C=C[C@H]1CCCCCCc1ccc(C)cc1. The molecule has 0 amide bonds. The molecule has 0 bridgehead atoms. The van der Waals surface area contributed by atoms with Crippen LogP contribution in [0.25, 0.3) is 0 Å². The van der Waals surface area contributed by atoms with Gasteiger partial charge in [0.1, 0.15) is 0 Å². The van der Waals surface area contributed by atoms with E-state index in [4.69, 9.17) is 4.74 Å². The van der Waals surface area contributed by atoms with Crippen molar-refractivity contribution in [3.8, 4) is 0 Å². The van der Waals surface area contributed by atoms with Crippen LogP contribution in [-0.4, -0.2) is 29.6 Å². The summed E-state index contributed by atoms with van der Waals surface area (Å²) in [6.45, 7) is 4.58. The molecule has 1 unspecified atom stereocenters. The van der Waals surface area contributed by atoms with Crippen molar-refractivity contribution in [2.24, 2.45) is 11.8 Å². The summed E-state index contributed by atoms with van der Waals surface area (Å²) in [5.41, 5.74) is 2.71. The number of ketones is 1. The number of carbonyl (C=O) groups excluding carboxylic acids is 2. The van der Waals surface area contributed by atoms with E-state index >= 15 is 0 Å². The zero-order valence-corrected chi connectivity index (χ0v) is 20.1. The van der Waals surface area contributed by atoms with Crippen molar-refractivity contribution in [3.63, 3.8) is 0 Å². The summed E-state index contributed by atoms with van der Waals surface area (Å²) in [5, 5.41) is 10.6. The molecule has 0 fully saturated rings. The zero-order chi connectivity index (χ0) is 23.2. The number of rotatable bonds is 16. The van der Waals surface area contributed by atoms with Gasteiger partial charge in [0, 0.05) is 6.42 Å². The molecule has 0 aliphatic heterocycles. The first-order valence-corrected chi connectivity index (χ1v) is 12.6. The fourth-order valence-corrected chi connectivity index (χ4v) is 4.50. The highest BCUT2D eigenvalue weighted by Gasteiger charge is 2.35. The van der Waals surface area contributed by atoms with E-state index in [0.29, 0.717) is 19.4 Å². The molecule has 1 aliphatic carbocycles. The number of aliphatic hydroxyl groups is 1. The Labute approximate surface area is 194 Å². The largest absolute Gasteiger partial charge is 0.466 e. The van der Waals surface area contributed by atoms with Crippen molar-refractivity contribution in [3.05, 3.63) is 47.5 Å². The highest BCUT2D eigenvalue weighted by Crippen LogP contribution is 2.32. The number of ether oxygens (including phenoxy) is 1. The number of benzene rings is 1. The molecule has 0 heterocycles. The van der Waals surface area contributed by atoms with Gasteiger partial charge < -0.3 is 9.84 Å². The van der Waals surface area contributed by atoms with Gasteiger partial charge in [0.25, 0.3) is 0 Å². The van der Waals surface area contributed by atoms with Crippen LogP contribution in [0.2, 0.25) is 0 Å². The van der Waals surface area contributed by atoms with E-state index in [9.17, 15) is 14.7 Å². The standard InChI is InChI=1S/C28H42O4/c1-3-21-32-27(31)14-10-6-9-13-25(29)28-24(19-20-26(28)30)12-8-5-4-7-11-23-17-15-22(2)16-18-23/h15-20,24-25,28-29H,3-14,21H2,1-2H3/t24-,25-,28?/m1/s1. The van der Waals surface area contributed by atoms with Crippen LogP contribution in [0.5, 0.6) is 0 Å². The van der Waals surface area contributed by atoms with Crippen molar-refractivity contribution in [1.29, 1.82) is 0 Å². The molecule has 0 radical (unpaired) electrons. The van der Waals surface area contributed by atoms with Gasteiger partial charge in [0.15, 0.2) is 5.78 Å². The molecular weight excluding hydrogens is 400 g/mol. The van der Waals surface area contributed by atoms with Crippen LogP contribution in [0.1, 0.15) is 88.7 Å². The second-order valence-electron chi connectivity index (χ2n) is 9.28. The van der Waals surface area contributed by atoms with Crippen molar-refractivity contribution < 1.29 is 19.4 Å².